The SMILES string of the molecule is C/C(C(=O)O)=C(\C)C(=O)NC(=O)N1CCCCC1. The van der Waals surface area contributed by atoms with E-state index in [0.29, 0.717) is 13.1 Å². The summed E-state index contributed by atoms with van der Waals surface area (Å²) in [7, 11) is 0. The third-order valence-corrected chi connectivity index (χ3v) is 3.09. The molecule has 1 fully saturated rings. The quantitative estimate of drug-likeness (QED) is 0.723. The second kappa shape index (κ2) is 6.18. The second-order valence-corrected chi connectivity index (χ2v) is 4.36. The molecule has 0 radical (unpaired) electrons. The number of rotatable bonds is 2. The molecule has 18 heavy (non-hydrogen) atoms. The molecule has 6 nitrogen and oxygen atoms in total. The van der Waals surface area contributed by atoms with Crippen LogP contribution < -0.4 is 5.32 Å². The Bertz CT molecular complexity index is 395. The van der Waals surface area contributed by atoms with Gasteiger partial charge in [0, 0.05) is 24.2 Å². The molecular formula is C12H18N2O4. The highest BCUT2D eigenvalue weighted by molar-refractivity contribution is 6.07. The van der Waals surface area contributed by atoms with Gasteiger partial charge in [0.1, 0.15) is 0 Å². The fourth-order valence-corrected chi connectivity index (χ4v) is 1.70. The third kappa shape index (κ3) is 3.58. The number of nitrogens with zero attached hydrogens (tertiary/aromatic N) is 1. The number of hydrogen-bond acceptors (Lipinski definition) is 3. The molecule has 0 aromatic heterocycles. The van der Waals surface area contributed by atoms with Crippen LogP contribution in [0, 0.1) is 0 Å². The first kappa shape index (κ1) is 14.2. The predicted molar refractivity (Wildman–Crippen MR) is 65.0 cm³/mol. The Hall–Kier alpha value is -1.85. The molecule has 1 rings (SSSR count). The highest BCUT2D eigenvalue weighted by Gasteiger charge is 2.20. The maximum atomic E-state index is 11.7. The van der Waals surface area contributed by atoms with Gasteiger partial charge < -0.3 is 10.0 Å². The molecule has 0 spiro atoms. The van der Waals surface area contributed by atoms with Crippen LogP contribution in [0.15, 0.2) is 11.1 Å². The average molecular weight is 254 g/mol. The molecule has 3 amide bonds. The number of carboxylic acids is 1. The van der Waals surface area contributed by atoms with Gasteiger partial charge in [-0.05, 0) is 33.1 Å². The summed E-state index contributed by atoms with van der Waals surface area (Å²) in [6.07, 6.45) is 2.96. The molecule has 100 valence electrons. The number of likely N-dealkylation sites (tertiary alicyclic amines) is 1. The molecule has 1 aliphatic heterocycles. The number of aliphatic carboxylic acids is 1. The molecule has 0 unspecified atom stereocenters. The smallest absolute Gasteiger partial charge is 0.331 e. The molecule has 0 aromatic rings. The lowest BCUT2D eigenvalue weighted by Crippen LogP contribution is -2.45. The summed E-state index contributed by atoms with van der Waals surface area (Å²) in [6.45, 7) is 4.00. The molecular weight excluding hydrogens is 236 g/mol. The number of carbonyl (C=O) groups is 3. The van der Waals surface area contributed by atoms with Crippen LogP contribution in [0.25, 0.3) is 0 Å². The first-order valence-corrected chi connectivity index (χ1v) is 5.94. The van der Waals surface area contributed by atoms with E-state index in [9.17, 15) is 14.4 Å². The summed E-state index contributed by atoms with van der Waals surface area (Å²) >= 11 is 0. The number of hydrogen-bond donors (Lipinski definition) is 2. The van der Waals surface area contributed by atoms with E-state index < -0.39 is 17.9 Å². The minimum atomic E-state index is -1.16. The zero-order chi connectivity index (χ0) is 13.7. The first-order valence-electron chi connectivity index (χ1n) is 5.94. The van der Waals surface area contributed by atoms with Gasteiger partial charge in [-0.3, -0.25) is 10.1 Å². The number of urea groups is 1. The van der Waals surface area contributed by atoms with Crippen molar-refractivity contribution in [1.29, 1.82) is 0 Å². The number of piperidine rings is 1. The molecule has 0 aliphatic carbocycles. The lowest BCUT2D eigenvalue weighted by atomic mass is 10.1. The first-order chi connectivity index (χ1) is 8.43. The van der Waals surface area contributed by atoms with E-state index in [2.05, 4.69) is 5.32 Å². The number of carbonyl (C=O) groups excluding carboxylic acids is 2. The van der Waals surface area contributed by atoms with E-state index >= 15 is 0 Å². The Balaban J connectivity index is 2.61. The van der Waals surface area contributed by atoms with Gasteiger partial charge in [0.2, 0.25) is 0 Å². The van der Waals surface area contributed by atoms with Gasteiger partial charge in [0.15, 0.2) is 0 Å². The van der Waals surface area contributed by atoms with Crippen molar-refractivity contribution in [3.8, 4) is 0 Å². The van der Waals surface area contributed by atoms with Crippen molar-refractivity contribution in [3.05, 3.63) is 11.1 Å². The number of nitrogens with one attached hydrogen (secondary N) is 1. The Morgan fingerprint density at radius 3 is 2.06 bits per heavy atom. The zero-order valence-electron chi connectivity index (χ0n) is 10.7. The lowest BCUT2D eigenvalue weighted by molar-refractivity contribution is -0.133. The van der Waals surface area contributed by atoms with E-state index in [1.165, 1.54) is 13.8 Å². The third-order valence-electron chi connectivity index (χ3n) is 3.09. The van der Waals surface area contributed by atoms with E-state index in [-0.39, 0.29) is 11.1 Å². The van der Waals surface area contributed by atoms with Crippen molar-refractivity contribution < 1.29 is 19.5 Å². The van der Waals surface area contributed by atoms with Gasteiger partial charge in [0.05, 0.1) is 0 Å². The Morgan fingerprint density at radius 1 is 1.00 bits per heavy atom. The van der Waals surface area contributed by atoms with Crippen LogP contribution in [-0.4, -0.2) is 41.0 Å². The largest absolute Gasteiger partial charge is 0.478 e. The van der Waals surface area contributed by atoms with E-state index in [1.807, 2.05) is 0 Å². The minimum absolute atomic E-state index is 0.0489. The van der Waals surface area contributed by atoms with Crippen molar-refractivity contribution in [2.75, 3.05) is 13.1 Å². The molecule has 2 N–H and O–H groups in total. The van der Waals surface area contributed by atoms with Gasteiger partial charge >= 0.3 is 12.0 Å². The van der Waals surface area contributed by atoms with Gasteiger partial charge in [-0.15, -0.1) is 0 Å². The van der Waals surface area contributed by atoms with Gasteiger partial charge in [-0.1, -0.05) is 0 Å². The van der Waals surface area contributed by atoms with Crippen molar-refractivity contribution in [2.24, 2.45) is 0 Å². The van der Waals surface area contributed by atoms with Gasteiger partial charge in [-0.25, -0.2) is 9.59 Å². The van der Waals surface area contributed by atoms with E-state index in [0.717, 1.165) is 19.3 Å². The van der Waals surface area contributed by atoms with Crippen LogP contribution in [0.3, 0.4) is 0 Å². The summed E-state index contributed by atoms with van der Waals surface area (Å²) in [6, 6.07) is -0.447. The van der Waals surface area contributed by atoms with Crippen molar-refractivity contribution in [1.82, 2.24) is 10.2 Å². The fraction of sp³-hybridized carbons (Fsp3) is 0.583. The molecule has 0 saturated carbocycles. The topological polar surface area (TPSA) is 86.7 Å². The van der Waals surface area contributed by atoms with Crippen molar-refractivity contribution >= 4 is 17.9 Å². The molecule has 0 aromatic carbocycles. The second-order valence-electron chi connectivity index (χ2n) is 4.36. The monoisotopic (exact) mass is 254 g/mol. The van der Waals surface area contributed by atoms with E-state index in [4.69, 9.17) is 5.11 Å². The Kier molecular flexibility index (Phi) is 4.88. The highest BCUT2D eigenvalue weighted by Crippen LogP contribution is 2.09. The zero-order valence-corrected chi connectivity index (χ0v) is 10.7. The number of imide groups is 1. The van der Waals surface area contributed by atoms with Gasteiger partial charge in [0.25, 0.3) is 5.91 Å². The van der Waals surface area contributed by atoms with E-state index in [1.54, 1.807) is 4.90 Å². The molecule has 1 saturated heterocycles. The average Bonchev–Trinajstić information content (AvgIpc) is 2.37. The molecule has 0 bridgehead atoms. The van der Waals surface area contributed by atoms with Crippen molar-refractivity contribution in [2.45, 2.75) is 33.1 Å². The van der Waals surface area contributed by atoms with Gasteiger partial charge in [-0.2, -0.15) is 0 Å². The fourth-order valence-electron chi connectivity index (χ4n) is 1.70. The lowest BCUT2D eigenvalue weighted by Gasteiger charge is -2.26. The summed E-state index contributed by atoms with van der Waals surface area (Å²) < 4.78 is 0. The molecule has 0 atom stereocenters. The Labute approximate surface area is 106 Å². The van der Waals surface area contributed by atoms with Crippen LogP contribution in [0.4, 0.5) is 4.79 Å². The molecule has 1 heterocycles. The summed E-state index contributed by atoms with van der Waals surface area (Å²) in [5.74, 6) is -1.81. The normalized spacial score (nSPS) is 16.9. The maximum Gasteiger partial charge on any atom is 0.331 e. The Morgan fingerprint density at radius 2 is 1.56 bits per heavy atom. The van der Waals surface area contributed by atoms with Crippen LogP contribution >= 0.6 is 0 Å². The molecule has 6 heteroatoms. The highest BCUT2D eigenvalue weighted by atomic mass is 16.4. The number of carboxylic acid groups (broad SMARTS) is 1. The summed E-state index contributed by atoms with van der Waals surface area (Å²) in [4.78, 5) is 35.7. The van der Waals surface area contributed by atoms with Crippen molar-refractivity contribution in [3.63, 3.8) is 0 Å². The maximum absolute atomic E-state index is 11.7. The number of amides is 3. The molecule has 1 aliphatic rings. The predicted octanol–water partition coefficient (Wildman–Crippen LogP) is 1.13. The van der Waals surface area contributed by atoms with Crippen LogP contribution in [0.5, 0.6) is 0 Å². The van der Waals surface area contributed by atoms with Crippen LogP contribution in [-0.2, 0) is 9.59 Å². The van der Waals surface area contributed by atoms with Crippen LogP contribution in [0.2, 0.25) is 0 Å². The minimum Gasteiger partial charge on any atom is -0.478 e. The summed E-state index contributed by atoms with van der Waals surface area (Å²) in [5.41, 5.74) is -0.00759. The summed E-state index contributed by atoms with van der Waals surface area (Å²) in [5, 5.41) is 11.0. The van der Waals surface area contributed by atoms with Crippen LogP contribution in [0.1, 0.15) is 33.1 Å². The standard InChI is InChI=1S/C12H18N2O4/c1-8(9(2)11(16)17)10(15)13-12(18)14-6-4-3-5-7-14/h3-7H2,1-2H3,(H,16,17)(H,13,15,18)/b9-8-.